The van der Waals surface area contributed by atoms with Gasteiger partial charge in [-0.15, -0.1) is 0 Å². The minimum atomic E-state index is -0.549. The van der Waals surface area contributed by atoms with E-state index in [-0.39, 0.29) is 6.61 Å². The van der Waals surface area contributed by atoms with Crippen LogP contribution in [0.15, 0.2) is 48.5 Å². The molecule has 0 amide bonds. The van der Waals surface area contributed by atoms with Gasteiger partial charge in [0, 0.05) is 32.7 Å². The molecule has 6 heteroatoms. The first kappa shape index (κ1) is 18.8. The van der Waals surface area contributed by atoms with Crippen LogP contribution < -0.4 is 14.4 Å². The summed E-state index contributed by atoms with van der Waals surface area (Å²) in [5.41, 5.74) is 1.08. The molecule has 2 aromatic carbocycles. The molecule has 3 rings (SSSR count). The first-order valence-corrected chi connectivity index (χ1v) is 9.21. The van der Waals surface area contributed by atoms with Gasteiger partial charge < -0.3 is 19.5 Å². The largest absolute Gasteiger partial charge is 0.493 e. The number of piperazine rings is 1. The molecule has 1 aliphatic rings. The zero-order valence-electron chi connectivity index (χ0n) is 15.0. The minimum absolute atomic E-state index is 0.241. The van der Waals surface area contributed by atoms with Crippen LogP contribution in [0, 0.1) is 0 Å². The fourth-order valence-electron chi connectivity index (χ4n) is 3.15. The summed E-state index contributed by atoms with van der Waals surface area (Å²) in [6.07, 6.45) is -0.549. The molecule has 1 saturated heterocycles. The molecule has 1 atom stereocenters. The highest BCUT2D eigenvalue weighted by atomic mass is 35.5. The smallest absolute Gasteiger partial charge is 0.161 e. The number of rotatable bonds is 7. The number of para-hydroxylation sites is 3. The van der Waals surface area contributed by atoms with Crippen molar-refractivity contribution in [3.63, 3.8) is 0 Å². The van der Waals surface area contributed by atoms with E-state index < -0.39 is 6.10 Å². The van der Waals surface area contributed by atoms with Gasteiger partial charge in [-0.25, -0.2) is 0 Å². The molecule has 1 heterocycles. The summed E-state index contributed by atoms with van der Waals surface area (Å²) in [5, 5.41) is 11.1. The van der Waals surface area contributed by atoms with Crippen LogP contribution in [0.4, 0.5) is 5.69 Å². The molecule has 0 radical (unpaired) electrons. The van der Waals surface area contributed by atoms with Crippen molar-refractivity contribution >= 4 is 17.3 Å². The Bertz CT molecular complexity index is 705. The molecule has 1 fully saturated rings. The van der Waals surface area contributed by atoms with E-state index in [0.717, 1.165) is 36.9 Å². The van der Waals surface area contributed by atoms with E-state index in [0.29, 0.717) is 18.0 Å². The van der Waals surface area contributed by atoms with Gasteiger partial charge in [0.15, 0.2) is 11.5 Å². The SMILES string of the molecule is COc1ccccc1OCC(O)CN1CCN(c2ccccc2Cl)CC1. The summed E-state index contributed by atoms with van der Waals surface area (Å²) >= 11 is 6.28. The number of ether oxygens (including phenoxy) is 2. The van der Waals surface area contributed by atoms with Gasteiger partial charge >= 0.3 is 0 Å². The number of aliphatic hydroxyl groups is 1. The van der Waals surface area contributed by atoms with Crippen molar-refractivity contribution in [2.75, 3.05) is 51.3 Å². The molecule has 140 valence electrons. The van der Waals surface area contributed by atoms with Gasteiger partial charge in [0.1, 0.15) is 12.7 Å². The second kappa shape index (κ2) is 9.12. The maximum Gasteiger partial charge on any atom is 0.161 e. The van der Waals surface area contributed by atoms with Gasteiger partial charge in [-0.3, -0.25) is 4.90 Å². The normalized spacial score (nSPS) is 16.3. The van der Waals surface area contributed by atoms with E-state index in [9.17, 15) is 5.11 Å². The molecule has 1 aliphatic heterocycles. The quantitative estimate of drug-likeness (QED) is 0.805. The number of hydrogen-bond acceptors (Lipinski definition) is 5. The highest BCUT2D eigenvalue weighted by Crippen LogP contribution is 2.27. The first-order chi connectivity index (χ1) is 12.7. The van der Waals surface area contributed by atoms with E-state index in [4.69, 9.17) is 21.1 Å². The van der Waals surface area contributed by atoms with Crippen molar-refractivity contribution in [3.8, 4) is 11.5 Å². The minimum Gasteiger partial charge on any atom is -0.493 e. The number of halogens is 1. The zero-order chi connectivity index (χ0) is 18.4. The average Bonchev–Trinajstić information content (AvgIpc) is 2.68. The number of β-amino-alcohol motifs (C(OH)–C–C–N with tert-alkyl or cyclic N) is 1. The molecule has 0 spiro atoms. The highest BCUT2D eigenvalue weighted by molar-refractivity contribution is 6.33. The van der Waals surface area contributed by atoms with E-state index in [1.165, 1.54) is 0 Å². The summed E-state index contributed by atoms with van der Waals surface area (Å²) in [6, 6.07) is 15.4. The predicted octanol–water partition coefficient (Wildman–Crippen LogP) is 2.91. The Morgan fingerprint density at radius 2 is 1.65 bits per heavy atom. The predicted molar refractivity (Wildman–Crippen MR) is 105 cm³/mol. The van der Waals surface area contributed by atoms with Gasteiger partial charge in [0.2, 0.25) is 0 Å². The molecule has 0 aliphatic carbocycles. The lowest BCUT2D eigenvalue weighted by molar-refractivity contribution is 0.0653. The van der Waals surface area contributed by atoms with Crippen LogP contribution in [0.25, 0.3) is 0 Å². The Morgan fingerprint density at radius 3 is 2.35 bits per heavy atom. The fourth-order valence-corrected chi connectivity index (χ4v) is 3.41. The van der Waals surface area contributed by atoms with Crippen molar-refractivity contribution in [3.05, 3.63) is 53.6 Å². The first-order valence-electron chi connectivity index (χ1n) is 8.83. The van der Waals surface area contributed by atoms with Gasteiger partial charge in [-0.2, -0.15) is 0 Å². The monoisotopic (exact) mass is 376 g/mol. The lowest BCUT2D eigenvalue weighted by Gasteiger charge is -2.37. The van der Waals surface area contributed by atoms with Crippen molar-refractivity contribution in [1.82, 2.24) is 4.90 Å². The third kappa shape index (κ3) is 4.81. The standard InChI is InChI=1S/C20H25ClN2O3/c1-25-19-8-4-5-9-20(19)26-15-16(24)14-22-10-12-23(13-11-22)18-7-3-2-6-17(18)21/h2-9,16,24H,10-15H2,1H3. The Labute approximate surface area is 159 Å². The molecule has 0 saturated carbocycles. The number of anilines is 1. The Balaban J connectivity index is 1.45. The third-order valence-corrected chi connectivity index (χ3v) is 4.85. The molecule has 0 bridgehead atoms. The zero-order valence-corrected chi connectivity index (χ0v) is 15.7. The second-order valence-corrected chi connectivity index (χ2v) is 6.76. The molecule has 0 aromatic heterocycles. The lowest BCUT2D eigenvalue weighted by Crippen LogP contribution is -2.49. The Morgan fingerprint density at radius 1 is 1.00 bits per heavy atom. The summed E-state index contributed by atoms with van der Waals surface area (Å²) in [7, 11) is 1.61. The van der Waals surface area contributed by atoms with Gasteiger partial charge in [-0.05, 0) is 24.3 Å². The highest BCUT2D eigenvalue weighted by Gasteiger charge is 2.21. The molecule has 1 unspecified atom stereocenters. The molecule has 2 aromatic rings. The average molecular weight is 377 g/mol. The van der Waals surface area contributed by atoms with Crippen LogP contribution >= 0.6 is 11.6 Å². The van der Waals surface area contributed by atoms with Crippen LogP contribution in [-0.2, 0) is 0 Å². The van der Waals surface area contributed by atoms with Crippen LogP contribution in [0.5, 0.6) is 11.5 Å². The summed E-state index contributed by atoms with van der Waals surface area (Å²) in [6.45, 7) is 4.39. The summed E-state index contributed by atoms with van der Waals surface area (Å²) in [5.74, 6) is 1.32. The lowest BCUT2D eigenvalue weighted by atomic mass is 10.2. The number of benzene rings is 2. The van der Waals surface area contributed by atoms with E-state index in [1.54, 1.807) is 7.11 Å². The topological polar surface area (TPSA) is 45.2 Å². The Hall–Kier alpha value is -1.95. The summed E-state index contributed by atoms with van der Waals surface area (Å²) < 4.78 is 11.0. The van der Waals surface area contributed by atoms with Crippen molar-refractivity contribution in [2.45, 2.75) is 6.10 Å². The molecule has 26 heavy (non-hydrogen) atoms. The van der Waals surface area contributed by atoms with Crippen LogP contribution in [0.1, 0.15) is 0 Å². The van der Waals surface area contributed by atoms with Gasteiger partial charge in [-0.1, -0.05) is 35.9 Å². The van der Waals surface area contributed by atoms with E-state index in [1.807, 2.05) is 48.5 Å². The van der Waals surface area contributed by atoms with Crippen molar-refractivity contribution in [1.29, 1.82) is 0 Å². The summed E-state index contributed by atoms with van der Waals surface area (Å²) in [4.78, 5) is 4.54. The van der Waals surface area contributed by atoms with Crippen LogP contribution in [0.3, 0.4) is 0 Å². The van der Waals surface area contributed by atoms with Crippen LogP contribution in [-0.4, -0.2) is 62.6 Å². The van der Waals surface area contributed by atoms with Crippen LogP contribution in [0.2, 0.25) is 5.02 Å². The Kier molecular flexibility index (Phi) is 6.61. The molecular weight excluding hydrogens is 352 g/mol. The maximum absolute atomic E-state index is 10.3. The van der Waals surface area contributed by atoms with Gasteiger partial charge in [0.25, 0.3) is 0 Å². The third-order valence-electron chi connectivity index (χ3n) is 4.53. The van der Waals surface area contributed by atoms with E-state index in [2.05, 4.69) is 9.80 Å². The molecule has 1 N–H and O–H groups in total. The van der Waals surface area contributed by atoms with Crippen molar-refractivity contribution in [2.24, 2.45) is 0 Å². The van der Waals surface area contributed by atoms with Gasteiger partial charge in [0.05, 0.1) is 17.8 Å². The second-order valence-electron chi connectivity index (χ2n) is 6.35. The number of aliphatic hydroxyl groups excluding tert-OH is 1. The number of nitrogens with zero attached hydrogens (tertiary/aromatic N) is 2. The maximum atomic E-state index is 10.3. The van der Waals surface area contributed by atoms with Crippen molar-refractivity contribution < 1.29 is 14.6 Å². The molecular formula is C20H25ClN2O3. The van der Waals surface area contributed by atoms with E-state index >= 15 is 0 Å². The number of methoxy groups -OCH3 is 1. The number of hydrogen-bond donors (Lipinski definition) is 1. The molecule has 5 nitrogen and oxygen atoms in total. The fraction of sp³-hybridized carbons (Fsp3) is 0.400.